The molecule has 0 spiro atoms. The van der Waals surface area contributed by atoms with E-state index in [0.717, 1.165) is 38.6 Å². The van der Waals surface area contributed by atoms with Gasteiger partial charge in [-0.25, -0.2) is 0 Å². The van der Waals surface area contributed by atoms with Crippen molar-refractivity contribution >= 4 is 0 Å². The molecular formula is C15H30N2O. The number of nitrogens with zero attached hydrogens (tertiary/aromatic N) is 1. The lowest BCUT2D eigenvalue weighted by Gasteiger charge is -2.27. The first-order valence-electron chi connectivity index (χ1n) is 7.37. The molecule has 0 amide bonds. The number of unbranched alkanes of at least 4 members (excludes halogenated alkanes) is 1. The van der Waals surface area contributed by atoms with E-state index in [1.165, 1.54) is 32.1 Å². The Morgan fingerprint density at radius 1 is 1.28 bits per heavy atom. The number of rotatable bonds is 9. The molecule has 0 heterocycles. The van der Waals surface area contributed by atoms with Crippen molar-refractivity contribution in [2.45, 2.75) is 44.6 Å². The van der Waals surface area contributed by atoms with E-state index >= 15 is 0 Å². The lowest BCUT2D eigenvalue weighted by atomic mass is 9.87. The van der Waals surface area contributed by atoms with Crippen molar-refractivity contribution in [1.82, 2.24) is 4.90 Å². The molecule has 1 aliphatic carbocycles. The van der Waals surface area contributed by atoms with Gasteiger partial charge in [0.1, 0.15) is 0 Å². The molecule has 0 radical (unpaired) electrons. The molecule has 0 aromatic carbocycles. The molecule has 0 atom stereocenters. The smallest absolute Gasteiger partial charge is 0.0575 e. The molecule has 0 unspecified atom stereocenters. The van der Waals surface area contributed by atoms with Crippen LogP contribution in [0.15, 0.2) is 12.7 Å². The highest BCUT2D eigenvalue weighted by Crippen LogP contribution is 2.25. The van der Waals surface area contributed by atoms with Crippen molar-refractivity contribution in [3.63, 3.8) is 0 Å². The Labute approximate surface area is 112 Å². The number of likely N-dealkylation sites (N-methyl/N-ethyl adjacent to an activating group) is 1. The van der Waals surface area contributed by atoms with E-state index in [-0.39, 0.29) is 0 Å². The minimum atomic E-state index is 0.499. The molecule has 18 heavy (non-hydrogen) atoms. The summed E-state index contributed by atoms with van der Waals surface area (Å²) in [5, 5.41) is 0. The minimum Gasteiger partial charge on any atom is -0.378 e. The van der Waals surface area contributed by atoms with Crippen molar-refractivity contribution in [3.05, 3.63) is 12.7 Å². The van der Waals surface area contributed by atoms with Crippen LogP contribution in [0.5, 0.6) is 0 Å². The van der Waals surface area contributed by atoms with E-state index in [1.54, 1.807) is 0 Å². The van der Waals surface area contributed by atoms with E-state index in [9.17, 15) is 0 Å². The van der Waals surface area contributed by atoms with Crippen molar-refractivity contribution in [2.75, 3.05) is 33.3 Å². The van der Waals surface area contributed by atoms with Gasteiger partial charge in [-0.1, -0.05) is 6.08 Å². The van der Waals surface area contributed by atoms with Crippen LogP contribution in [-0.2, 0) is 4.74 Å². The van der Waals surface area contributed by atoms with Crippen LogP contribution < -0.4 is 5.73 Å². The van der Waals surface area contributed by atoms with Crippen LogP contribution in [0.4, 0.5) is 0 Å². The first kappa shape index (κ1) is 15.7. The molecule has 0 saturated heterocycles. The van der Waals surface area contributed by atoms with E-state index in [4.69, 9.17) is 10.5 Å². The second-order valence-electron chi connectivity index (χ2n) is 5.51. The molecule has 1 rings (SSSR count). The molecule has 106 valence electrons. The SMILES string of the molecule is C=CCN(C)CCCCO[C@H]1CC[C@H](CN)CC1. The zero-order valence-electron chi connectivity index (χ0n) is 11.9. The van der Waals surface area contributed by atoms with E-state index in [1.807, 2.05) is 6.08 Å². The van der Waals surface area contributed by atoms with E-state index < -0.39 is 0 Å². The van der Waals surface area contributed by atoms with Crippen molar-refractivity contribution < 1.29 is 4.74 Å². The number of hydrogen-bond acceptors (Lipinski definition) is 3. The van der Waals surface area contributed by atoms with Gasteiger partial charge in [0.15, 0.2) is 0 Å². The van der Waals surface area contributed by atoms with Gasteiger partial charge in [0.05, 0.1) is 6.10 Å². The van der Waals surface area contributed by atoms with Crippen molar-refractivity contribution in [2.24, 2.45) is 11.7 Å². The molecule has 0 bridgehead atoms. The quantitative estimate of drug-likeness (QED) is 0.507. The third kappa shape index (κ3) is 6.53. The zero-order valence-corrected chi connectivity index (χ0v) is 11.9. The van der Waals surface area contributed by atoms with Gasteiger partial charge in [-0.15, -0.1) is 6.58 Å². The summed E-state index contributed by atoms with van der Waals surface area (Å²) in [6.07, 6.45) is 9.74. The Kier molecular flexibility index (Phi) is 8.31. The summed E-state index contributed by atoms with van der Waals surface area (Å²) < 4.78 is 5.94. The predicted molar refractivity (Wildman–Crippen MR) is 77.7 cm³/mol. The van der Waals surface area contributed by atoms with Gasteiger partial charge < -0.3 is 15.4 Å². The largest absolute Gasteiger partial charge is 0.378 e. The predicted octanol–water partition coefficient (Wildman–Crippen LogP) is 2.42. The molecule has 3 heteroatoms. The summed E-state index contributed by atoms with van der Waals surface area (Å²) in [6.45, 7) is 7.62. The summed E-state index contributed by atoms with van der Waals surface area (Å²) in [7, 11) is 2.14. The third-order valence-electron chi connectivity index (χ3n) is 3.86. The lowest BCUT2D eigenvalue weighted by Crippen LogP contribution is -2.26. The van der Waals surface area contributed by atoms with Crippen LogP contribution in [-0.4, -0.2) is 44.3 Å². The standard InChI is InChI=1S/C15H30N2O/c1-3-10-17(2)11-4-5-12-18-15-8-6-14(13-16)7-9-15/h3,14-15H,1,4-13,16H2,2H3/t14-,15-. The molecule has 1 saturated carbocycles. The fourth-order valence-corrected chi connectivity index (χ4v) is 2.58. The Bertz CT molecular complexity index is 213. The van der Waals surface area contributed by atoms with Crippen LogP contribution in [0.1, 0.15) is 38.5 Å². The Morgan fingerprint density at radius 3 is 2.61 bits per heavy atom. The molecule has 3 nitrogen and oxygen atoms in total. The normalized spacial score (nSPS) is 24.4. The highest BCUT2D eigenvalue weighted by Gasteiger charge is 2.20. The fourth-order valence-electron chi connectivity index (χ4n) is 2.58. The van der Waals surface area contributed by atoms with Gasteiger partial charge in [0.2, 0.25) is 0 Å². The fraction of sp³-hybridized carbons (Fsp3) is 0.867. The molecule has 0 aromatic heterocycles. The Hall–Kier alpha value is -0.380. The highest BCUT2D eigenvalue weighted by molar-refractivity contribution is 4.73. The van der Waals surface area contributed by atoms with Crippen molar-refractivity contribution in [1.29, 1.82) is 0 Å². The minimum absolute atomic E-state index is 0.499. The van der Waals surface area contributed by atoms with E-state index in [0.29, 0.717) is 6.10 Å². The average molecular weight is 254 g/mol. The Morgan fingerprint density at radius 2 is 2.00 bits per heavy atom. The Balaban J connectivity index is 1.94. The average Bonchev–Trinajstić information content (AvgIpc) is 2.39. The first-order valence-corrected chi connectivity index (χ1v) is 7.37. The number of ether oxygens (including phenoxy) is 1. The van der Waals surface area contributed by atoms with Crippen LogP contribution in [0.2, 0.25) is 0 Å². The van der Waals surface area contributed by atoms with E-state index in [2.05, 4.69) is 18.5 Å². The first-order chi connectivity index (χ1) is 8.76. The van der Waals surface area contributed by atoms with Gasteiger partial charge in [0.25, 0.3) is 0 Å². The van der Waals surface area contributed by atoms with Gasteiger partial charge in [-0.05, 0) is 64.6 Å². The molecule has 0 aromatic rings. The van der Waals surface area contributed by atoms with Gasteiger partial charge in [0, 0.05) is 13.2 Å². The second kappa shape index (κ2) is 9.54. The number of hydrogen-bond donors (Lipinski definition) is 1. The second-order valence-corrected chi connectivity index (χ2v) is 5.51. The summed E-state index contributed by atoms with van der Waals surface area (Å²) >= 11 is 0. The maximum absolute atomic E-state index is 5.94. The highest BCUT2D eigenvalue weighted by atomic mass is 16.5. The van der Waals surface area contributed by atoms with Gasteiger partial charge in [-0.3, -0.25) is 0 Å². The van der Waals surface area contributed by atoms with Crippen LogP contribution in [0.25, 0.3) is 0 Å². The summed E-state index contributed by atoms with van der Waals surface area (Å²) in [4.78, 5) is 2.29. The molecule has 0 aliphatic heterocycles. The third-order valence-corrected chi connectivity index (χ3v) is 3.86. The number of nitrogens with two attached hydrogens (primary N) is 1. The summed E-state index contributed by atoms with van der Waals surface area (Å²) in [5.41, 5.74) is 5.69. The van der Waals surface area contributed by atoms with Gasteiger partial charge >= 0.3 is 0 Å². The van der Waals surface area contributed by atoms with Crippen molar-refractivity contribution in [3.8, 4) is 0 Å². The summed E-state index contributed by atoms with van der Waals surface area (Å²) in [6, 6.07) is 0. The molecular weight excluding hydrogens is 224 g/mol. The maximum Gasteiger partial charge on any atom is 0.0575 e. The summed E-state index contributed by atoms with van der Waals surface area (Å²) in [5.74, 6) is 0.748. The van der Waals surface area contributed by atoms with Crippen LogP contribution in [0, 0.1) is 5.92 Å². The van der Waals surface area contributed by atoms with Gasteiger partial charge in [-0.2, -0.15) is 0 Å². The van der Waals surface area contributed by atoms with Crippen LogP contribution >= 0.6 is 0 Å². The zero-order chi connectivity index (χ0) is 13.2. The molecule has 1 aliphatic rings. The topological polar surface area (TPSA) is 38.5 Å². The monoisotopic (exact) mass is 254 g/mol. The van der Waals surface area contributed by atoms with Crippen LogP contribution in [0.3, 0.4) is 0 Å². The maximum atomic E-state index is 5.94. The molecule has 2 N–H and O–H groups in total. The lowest BCUT2D eigenvalue weighted by molar-refractivity contribution is 0.0166. The molecule has 1 fully saturated rings.